The number of aliphatic hydroxyl groups is 1. The lowest BCUT2D eigenvalue weighted by atomic mass is 10.0. The van der Waals surface area contributed by atoms with Crippen molar-refractivity contribution < 1.29 is 18.1 Å². The predicted octanol–water partition coefficient (Wildman–Crippen LogP) is 7.45. The number of hydrogen-bond donors (Lipinski definition) is 2. The molecule has 29 heavy (non-hydrogen) atoms. The summed E-state index contributed by atoms with van der Waals surface area (Å²) in [4.78, 5) is 0. The first kappa shape index (κ1) is 28.9. The van der Waals surface area contributed by atoms with Gasteiger partial charge in [-0.05, 0) is 25.7 Å². The highest BCUT2D eigenvalue weighted by Gasteiger charge is 2.21. The van der Waals surface area contributed by atoms with E-state index in [-0.39, 0.29) is 6.10 Å². The molecule has 0 aliphatic heterocycles. The number of hydrogen-bond acceptors (Lipinski definition) is 3. The van der Waals surface area contributed by atoms with Gasteiger partial charge in [0.1, 0.15) is 0 Å². The molecular weight excluding hydrogens is 384 g/mol. The zero-order valence-electron chi connectivity index (χ0n) is 19.4. The maximum atomic E-state index is 11.4. The van der Waals surface area contributed by atoms with E-state index in [2.05, 4.69) is 6.92 Å². The molecule has 0 aromatic carbocycles. The molecule has 2 N–H and O–H groups in total. The topological polar surface area (TPSA) is 74.6 Å². The molecule has 0 saturated heterocycles. The fourth-order valence-electron chi connectivity index (χ4n) is 3.99. The van der Waals surface area contributed by atoms with Crippen molar-refractivity contribution in [1.82, 2.24) is 0 Å². The van der Waals surface area contributed by atoms with Crippen molar-refractivity contribution in [2.45, 2.75) is 154 Å². The molecule has 5 heteroatoms. The molecule has 0 spiro atoms. The fraction of sp³-hybridized carbons (Fsp3) is 1.00. The Morgan fingerprint density at radius 1 is 0.552 bits per heavy atom. The molecule has 0 saturated carbocycles. The van der Waals surface area contributed by atoms with Crippen LogP contribution in [0.25, 0.3) is 0 Å². The maximum absolute atomic E-state index is 11.4. The summed E-state index contributed by atoms with van der Waals surface area (Å²) in [6.45, 7) is 4.28. The number of rotatable bonds is 22. The molecule has 176 valence electrons. The van der Waals surface area contributed by atoms with Crippen LogP contribution >= 0.6 is 0 Å². The zero-order valence-corrected chi connectivity index (χ0v) is 20.2. The van der Waals surface area contributed by atoms with Crippen molar-refractivity contribution in [3.8, 4) is 0 Å². The molecular formula is C24H50O4S. The Labute approximate surface area is 182 Å². The van der Waals surface area contributed by atoms with Crippen molar-refractivity contribution >= 4 is 10.1 Å². The third kappa shape index (κ3) is 19.6. The Hall–Kier alpha value is -0.130. The van der Waals surface area contributed by atoms with Gasteiger partial charge in [-0.15, -0.1) is 0 Å². The van der Waals surface area contributed by atoms with Crippen LogP contribution in [0.5, 0.6) is 0 Å². The largest absolute Gasteiger partial charge is 0.393 e. The van der Waals surface area contributed by atoms with Crippen molar-refractivity contribution in [2.75, 3.05) is 0 Å². The molecule has 2 atom stereocenters. The van der Waals surface area contributed by atoms with Gasteiger partial charge in [-0.2, -0.15) is 8.42 Å². The Morgan fingerprint density at radius 3 is 1.34 bits per heavy atom. The second-order valence-corrected chi connectivity index (χ2v) is 10.6. The van der Waals surface area contributed by atoms with E-state index in [0.29, 0.717) is 12.8 Å². The van der Waals surface area contributed by atoms with Crippen LogP contribution in [0.15, 0.2) is 0 Å². The lowest BCUT2D eigenvalue weighted by molar-refractivity contribution is 0.147. The van der Waals surface area contributed by atoms with Gasteiger partial charge in [0.25, 0.3) is 10.1 Å². The SMILES string of the molecule is CCCCCCCCCCCCCCC(O)CCCCC(CCCC)S(=O)(=O)O. The quantitative estimate of drug-likeness (QED) is 0.137. The molecule has 4 nitrogen and oxygen atoms in total. The summed E-state index contributed by atoms with van der Waals surface area (Å²) in [5, 5.41) is 9.48. The third-order valence-corrected chi connectivity index (χ3v) is 7.32. The lowest BCUT2D eigenvalue weighted by Crippen LogP contribution is -2.20. The molecule has 0 aromatic heterocycles. The van der Waals surface area contributed by atoms with Crippen LogP contribution in [0, 0.1) is 0 Å². The van der Waals surface area contributed by atoms with Gasteiger partial charge in [-0.3, -0.25) is 4.55 Å². The van der Waals surface area contributed by atoms with Crippen LogP contribution < -0.4 is 0 Å². The van der Waals surface area contributed by atoms with E-state index >= 15 is 0 Å². The van der Waals surface area contributed by atoms with Crippen LogP contribution in [-0.4, -0.2) is 29.4 Å². The summed E-state index contributed by atoms with van der Waals surface area (Å²) in [5.74, 6) is 0. The molecule has 0 radical (unpaired) electrons. The summed E-state index contributed by atoms with van der Waals surface area (Å²) in [6, 6.07) is 0. The van der Waals surface area contributed by atoms with Gasteiger partial charge in [0, 0.05) is 0 Å². The molecule has 0 heterocycles. The minimum Gasteiger partial charge on any atom is -0.393 e. The van der Waals surface area contributed by atoms with Gasteiger partial charge in [0.05, 0.1) is 11.4 Å². The minimum atomic E-state index is -3.94. The van der Waals surface area contributed by atoms with E-state index in [1.807, 2.05) is 6.92 Å². The normalized spacial score (nSPS) is 14.2. The second kappa shape index (κ2) is 19.8. The van der Waals surface area contributed by atoms with E-state index in [4.69, 9.17) is 0 Å². The molecule has 0 fully saturated rings. The molecule has 0 bridgehead atoms. The molecule has 2 unspecified atom stereocenters. The summed E-state index contributed by atoms with van der Waals surface area (Å²) >= 11 is 0. The Bertz CT molecular complexity index is 436. The Balaban J connectivity index is 3.50. The third-order valence-electron chi connectivity index (χ3n) is 6.01. The summed E-state index contributed by atoms with van der Waals surface area (Å²) in [5.41, 5.74) is 0. The number of aliphatic hydroxyl groups excluding tert-OH is 1. The summed E-state index contributed by atoms with van der Waals surface area (Å²) < 4.78 is 32.1. The first-order valence-electron chi connectivity index (χ1n) is 12.6. The van der Waals surface area contributed by atoms with Crippen LogP contribution in [0.4, 0.5) is 0 Å². The van der Waals surface area contributed by atoms with E-state index < -0.39 is 15.4 Å². The maximum Gasteiger partial charge on any atom is 0.267 e. The summed E-state index contributed by atoms with van der Waals surface area (Å²) in [7, 11) is -3.94. The first-order chi connectivity index (χ1) is 13.9. The molecule has 0 rings (SSSR count). The summed E-state index contributed by atoms with van der Waals surface area (Å²) in [6.07, 6.45) is 21.6. The van der Waals surface area contributed by atoms with Crippen LogP contribution in [-0.2, 0) is 10.1 Å². The standard InChI is InChI=1S/C24H50O4S/c1-3-5-7-8-9-10-11-12-13-14-15-16-19-23(25)20-17-18-22-24(21-6-4-2)29(26,27)28/h23-25H,3-22H2,1-2H3,(H,26,27,28). The Morgan fingerprint density at radius 2 is 0.897 bits per heavy atom. The average Bonchev–Trinajstić information content (AvgIpc) is 2.67. The van der Waals surface area contributed by atoms with E-state index in [0.717, 1.165) is 44.9 Å². The second-order valence-electron chi connectivity index (χ2n) is 8.90. The minimum absolute atomic E-state index is 0.266. The predicted molar refractivity (Wildman–Crippen MR) is 125 cm³/mol. The zero-order chi connectivity index (χ0) is 21.8. The van der Waals surface area contributed by atoms with Gasteiger partial charge in [0.15, 0.2) is 0 Å². The van der Waals surface area contributed by atoms with Gasteiger partial charge in [0.2, 0.25) is 0 Å². The smallest absolute Gasteiger partial charge is 0.267 e. The van der Waals surface area contributed by atoms with Crippen LogP contribution in [0.1, 0.15) is 142 Å². The van der Waals surface area contributed by atoms with Crippen molar-refractivity contribution in [3.63, 3.8) is 0 Å². The highest BCUT2D eigenvalue weighted by Crippen LogP contribution is 2.19. The van der Waals surface area contributed by atoms with Gasteiger partial charge < -0.3 is 5.11 Å². The van der Waals surface area contributed by atoms with Crippen molar-refractivity contribution in [2.24, 2.45) is 0 Å². The first-order valence-corrected chi connectivity index (χ1v) is 14.1. The molecule has 0 aliphatic carbocycles. The average molecular weight is 435 g/mol. The van der Waals surface area contributed by atoms with Crippen molar-refractivity contribution in [1.29, 1.82) is 0 Å². The van der Waals surface area contributed by atoms with Gasteiger partial charge in [-0.1, -0.05) is 117 Å². The molecule has 0 amide bonds. The molecule has 0 aliphatic rings. The highest BCUT2D eigenvalue weighted by atomic mass is 32.2. The van der Waals surface area contributed by atoms with E-state index in [1.54, 1.807) is 0 Å². The van der Waals surface area contributed by atoms with Crippen LogP contribution in [0.2, 0.25) is 0 Å². The number of unbranched alkanes of at least 4 members (excludes halogenated alkanes) is 13. The van der Waals surface area contributed by atoms with Crippen molar-refractivity contribution in [3.05, 3.63) is 0 Å². The molecule has 0 aromatic rings. The van der Waals surface area contributed by atoms with E-state index in [1.165, 1.54) is 70.6 Å². The Kier molecular flexibility index (Phi) is 19.7. The van der Waals surface area contributed by atoms with E-state index in [9.17, 15) is 18.1 Å². The van der Waals surface area contributed by atoms with Crippen LogP contribution in [0.3, 0.4) is 0 Å². The fourth-order valence-corrected chi connectivity index (χ4v) is 4.92. The highest BCUT2D eigenvalue weighted by molar-refractivity contribution is 7.86. The van der Waals surface area contributed by atoms with Gasteiger partial charge in [-0.25, -0.2) is 0 Å². The lowest BCUT2D eigenvalue weighted by Gasteiger charge is -2.14. The monoisotopic (exact) mass is 434 g/mol. The van der Waals surface area contributed by atoms with Gasteiger partial charge >= 0.3 is 0 Å².